The molecule has 6 heteroatoms. The molecule has 5 nitrogen and oxygen atoms in total. The van der Waals surface area contributed by atoms with Gasteiger partial charge in [0.2, 0.25) is 0 Å². The Morgan fingerprint density at radius 3 is 2.70 bits per heavy atom. The fraction of sp³-hybridized carbons (Fsp3) is 0.571. The van der Waals surface area contributed by atoms with Crippen molar-refractivity contribution in [1.82, 2.24) is 0 Å². The number of hydrogen-bond acceptors (Lipinski definition) is 5. The lowest BCUT2D eigenvalue weighted by molar-refractivity contribution is -0.0282. The van der Waals surface area contributed by atoms with Crippen molar-refractivity contribution in [2.24, 2.45) is 0 Å². The molecule has 2 unspecified atom stereocenters. The van der Waals surface area contributed by atoms with Gasteiger partial charge < -0.3 is 24.6 Å². The molecule has 2 N–H and O–H groups in total. The highest BCUT2D eigenvalue weighted by Crippen LogP contribution is 2.27. The summed E-state index contributed by atoms with van der Waals surface area (Å²) in [4.78, 5) is 0. The lowest BCUT2D eigenvalue weighted by atomic mass is 10.2. The van der Waals surface area contributed by atoms with E-state index in [-0.39, 0.29) is 12.7 Å². The second kappa shape index (κ2) is 9.02. The first-order chi connectivity index (χ1) is 9.56. The van der Waals surface area contributed by atoms with E-state index in [4.69, 9.17) is 25.8 Å². The smallest absolute Gasteiger partial charge is 0.142 e. The van der Waals surface area contributed by atoms with Gasteiger partial charge in [0.05, 0.1) is 38.2 Å². The summed E-state index contributed by atoms with van der Waals surface area (Å²) in [7, 11) is 3.20. The normalized spacial score (nSPS) is 13.8. The minimum atomic E-state index is -0.627. The van der Waals surface area contributed by atoms with Gasteiger partial charge in [-0.2, -0.15) is 0 Å². The van der Waals surface area contributed by atoms with E-state index in [1.54, 1.807) is 32.4 Å². The summed E-state index contributed by atoms with van der Waals surface area (Å²) in [6.45, 7) is 2.97. The topological polar surface area (TPSA) is 60.0 Å². The molecule has 0 fully saturated rings. The fourth-order valence-corrected chi connectivity index (χ4v) is 1.84. The Morgan fingerprint density at radius 1 is 1.30 bits per heavy atom. The molecule has 0 heterocycles. The average Bonchev–Trinajstić information content (AvgIpc) is 2.43. The summed E-state index contributed by atoms with van der Waals surface area (Å²) < 4.78 is 15.6. The van der Waals surface area contributed by atoms with Crippen molar-refractivity contribution in [3.63, 3.8) is 0 Å². The van der Waals surface area contributed by atoms with Crippen molar-refractivity contribution >= 4 is 17.3 Å². The van der Waals surface area contributed by atoms with Crippen LogP contribution in [0.4, 0.5) is 5.69 Å². The Hall–Kier alpha value is -1.01. The van der Waals surface area contributed by atoms with E-state index in [1.807, 2.05) is 6.92 Å². The van der Waals surface area contributed by atoms with Gasteiger partial charge in [-0.25, -0.2) is 0 Å². The van der Waals surface area contributed by atoms with E-state index in [0.29, 0.717) is 23.9 Å². The van der Waals surface area contributed by atoms with Gasteiger partial charge in [-0.15, -0.1) is 0 Å². The molecule has 0 aliphatic rings. The lowest BCUT2D eigenvalue weighted by Crippen LogP contribution is -2.28. The maximum Gasteiger partial charge on any atom is 0.142 e. The molecule has 0 spiro atoms. The summed E-state index contributed by atoms with van der Waals surface area (Å²) in [5.74, 6) is 0.676. The monoisotopic (exact) mass is 303 g/mol. The van der Waals surface area contributed by atoms with Crippen LogP contribution in [-0.2, 0) is 9.47 Å². The third kappa shape index (κ3) is 5.96. The summed E-state index contributed by atoms with van der Waals surface area (Å²) in [5.41, 5.74) is 0.740. The zero-order chi connectivity index (χ0) is 15.0. The van der Waals surface area contributed by atoms with E-state index in [1.165, 1.54) is 0 Å². The number of benzene rings is 1. The van der Waals surface area contributed by atoms with E-state index in [9.17, 15) is 5.11 Å². The Bertz CT molecular complexity index is 403. The third-order valence-electron chi connectivity index (χ3n) is 2.66. The van der Waals surface area contributed by atoms with Gasteiger partial charge in [-0.3, -0.25) is 0 Å². The highest BCUT2D eigenvalue weighted by atomic mass is 35.5. The highest BCUT2D eigenvalue weighted by molar-refractivity contribution is 6.30. The second-order valence-electron chi connectivity index (χ2n) is 4.48. The highest BCUT2D eigenvalue weighted by Gasteiger charge is 2.10. The SMILES string of the molecule is COCC(C)OCC(O)CNc1cc(Cl)ccc1OC. The first kappa shape index (κ1) is 17.0. The molecule has 0 aliphatic heterocycles. The van der Waals surface area contributed by atoms with Crippen LogP contribution in [0.5, 0.6) is 5.75 Å². The van der Waals surface area contributed by atoms with Gasteiger partial charge in [0.25, 0.3) is 0 Å². The van der Waals surface area contributed by atoms with Crippen molar-refractivity contribution in [3.05, 3.63) is 23.2 Å². The molecule has 114 valence electrons. The van der Waals surface area contributed by atoms with Crippen LogP contribution < -0.4 is 10.1 Å². The fourth-order valence-electron chi connectivity index (χ4n) is 1.66. The molecular weight excluding hydrogens is 282 g/mol. The van der Waals surface area contributed by atoms with Gasteiger partial charge in [-0.05, 0) is 25.1 Å². The Balaban J connectivity index is 2.40. The number of aliphatic hydroxyl groups excluding tert-OH is 1. The molecule has 0 aromatic heterocycles. The van der Waals surface area contributed by atoms with Crippen LogP contribution in [0.2, 0.25) is 5.02 Å². The molecule has 0 saturated heterocycles. The minimum Gasteiger partial charge on any atom is -0.495 e. The Kier molecular flexibility index (Phi) is 7.69. The van der Waals surface area contributed by atoms with Crippen molar-refractivity contribution in [2.75, 3.05) is 39.3 Å². The van der Waals surface area contributed by atoms with Crippen molar-refractivity contribution in [3.8, 4) is 5.75 Å². The zero-order valence-corrected chi connectivity index (χ0v) is 12.8. The molecule has 1 aromatic rings. The van der Waals surface area contributed by atoms with Crippen LogP contribution in [0, 0.1) is 0 Å². The molecule has 20 heavy (non-hydrogen) atoms. The van der Waals surface area contributed by atoms with Crippen LogP contribution in [-0.4, -0.2) is 51.3 Å². The number of aliphatic hydroxyl groups is 1. The van der Waals surface area contributed by atoms with E-state index < -0.39 is 6.10 Å². The maximum atomic E-state index is 9.86. The van der Waals surface area contributed by atoms with Crippen molar-refractivity contribution in [2.45, 2.75) is 19.1 Å². The average molecular weight is 304 g/mol. The van der Waals surface area contributed by atoms with Gasteiger partial charge in [0, 0.05) is 18.7 Å². The first-order valence-corrected chi connectivity index (χ1v) is 6.80. The molecule has 0 saturated carbocycles. The Morgan fingerprint density at radius 2 is 2.05 bits per heavy atom. The Labute approximate surface area is 124 Å². The molecule has 0 radical (unpaired) electrons. The second-order valence-corrected chi connectivity index (χ2v) is 4.92. The number of ether oxygens (including phenoxy) is 3. The van der Waals surface area contributed by atoms with Crippen molar-refractivity contribution in [1.29, 1.82) is 0 Å². The summed E-state index contributed by atoms with van der Waals surface area (Å²) in [6, 6.07) is 5.27. The van der Waals surface area contributed by atoms with Crippen molar-refractivity contribution < 1.29 is 19.3 Å². The summed E-state index contributed by atoms with van der Waals surface area (Å²) >= 11 is 5.93. The van der Waals surface area contributed by atoms with Crippen LogP contribution in [0.15, 0.2) is 18.2 Å². The van der Waals surface area contributed by atoms with E-state index >= 15 is 0 Å². The molecule has 0 aliphatic carbocycles. The van der Waals surface area contributed by atoms with E-state index in [2.05, 4.69) is 5.32 Å². The predicted octanol–water partition coefficient (Wildman–Crippen LogP) is 2.17. The predicted molar refractivity (Wildman–Crippen MR) is 79.8 cm³/mol. The largest absolute Gasteiger partial charge is 0.495 e. The molecule has 1 aromatic carbocycles. The summed E-state index contributed by atoms with van der Waals surface area (Å²) in [6.07, 6.45) is -0.673. The van der Waals surface area contributed by atoms with Gasteiger partial charge >= 0.3 is 0 Å². The number of halogens is 1. The van der Waals surface area contributed by atoms with Gasteiger partial charge in [0.1, 0.15) is 5.75 Å². The minimum absolute atomic E-state index is 0.0460. The molecule has 0 bridgehead atoms. The molecule has 2 atom stereocenters. The maximum absolute atomic E-state index is 9.86. The third-order valence-corrected chi connectivity index (χ3v) is 2.90. The van der Waals surface area contributed by atoms with Crippen LogP contribution in [0.1, 0.15) is 6.92 Å². The number of nitrogens with one attached hydrogen (secondary N) is 1. The molecule has 1 rings (SSSR count). The zero-order valence-electron chi connectivity index (χ0n) is 12.1. The van der Waals surface area contributed by atoms with Gasteiger partial charge in [0.15, 0.2) is 0 Å². The number of hydrogen-bond donors (Lipinski definition) is 2. The van der Waals surface area contributed by atoms with Crippen LogP contribution >= 0.6 is 11.6 Å². The lowest BCUT2D eigenvalue weighted by Gasteiger charge is -2.17. The number of methoxy groups -OCH3 is 2. The van der Waals surface area contributed by atoms with Crippen LogP contribution in [0.3, 0.4) is 0 Å². The van der Waals surface area contributed by atoms with E-state index in [0.717, 1.165) is 5.69 Å². The standard InChI is InChI=1S/C14H22ClNO4/c1-10(8-18-2)20-9-12(17)7-16-13-6-11(15)4-5-14(13)19-3/h4-6,10,12,16-17H,7-9H2,1-3H3. The first-order valence-electron chi connectivity index (χ1n) is 6.42. The number of rotatable bonds is 9. The van der Waals surface area contributed by atoms with Gasteiger partial charge in [-0.1, -0.05) is 11.6 Å². The molecular formula is C14H22ClNO4. The number of anilines is 1. The summed E-state index contributed by atoms with van der Waals surface area (Å²) in [5, 5.41) is 13.6. The molecule has 0 amide bonds. The quantitative estimate of drug-likeness (QED) is 0.732. The van der Waals surface area contributed by atoms with Crippen LogP contribution in [0.25, 0.3) is 0 Å².